The number of hydrogen-bond acceptors (Lipinski definition) is 3. The zero-order chi connectivity index (χ0) is 36.6. The number of nitrogens with zero attached hydrogens (tertiary/aromatic N) is 3. The molecule has 10 rings (SSSR count). The second kappa shape index (κ2) is 12.3. The molecule has 7 aromatic carbocycles. The molecular formula is C49H39N3Si2. The molecule has 1 aromatic heterocycles. The Kier molecular flexibility index (Phi) is 7.41. The molecule has 3 nitrogen and oxygen atoms in total. The minimum Gasteiger partial charge on any atom is -0.208 e. The van der Waals surface area contributed by atoms with Crippen LogP contribution in [0.2, 0.25) is 26.2 Å². The van der Waals surface area contributed by atoms with Crippen LogP contribution < -0.4 is 20.7 Å². The molecule has 5 heteroatoms. The molecule has 0 bridgehead atoms. The van der Waals surface area contributed by atoms with Gasteiger partial charge in [-0.15, -0.1) is 0 Å². The molecule has 0 radical (unpaired) electrons. The molecule has 0 amide bonds. The topological polar surface area (TPSA) is 38.7 Å². The molecule has 3 heterocycles. The third kappa shape index (κ3) is 5.03. The van der Waals surface area contributed by atoms with Crippen LogP contribution in [0.15, 0.2) is 164 Å². The van der Waals surface area contributed by atoms with E-state index in [1.54, 1.807) is 0 Å². The van der Waals surface area contributed by atoms with E-state index in [0.717, 1.165) is 16.7 Å². The van der Waals surface area contributed by atoms with Crippen molar-refractivity contribution in [1.29, 1.82) is 0 Å². The molecule has 0 aliphatic carbocycles. The first-order valence-corrected chi connectivity index (χ1v) is 24.8. The zero-order valence-electron chi connectivity index (χ0n) is 30.9. The molecule has 54 heavy (non-hydrogen) atoms. The molecule has 0 unspecified atom stereocenters. The molecule has 8 aromatic rings. The van der Waals surface area contributed by atoms with Gasteiger partial charge in [0.25, 0.3) is 0 Å². The number of benzene rings is 7. The van der Waals surface area contributed by atoms with E-state index in [2.05, 4.69) is 184 Å². The molecule has 2 aliphatic rings. The zero-order valence-corrected chi connectivity index (χ0v) is 32.9. The first kappa shape index (κ1) is 32.6. The maximum atomic E-state index is 5.50. The van der Waals surface area contributed by atoms with Gasteiger partial charge in [-0.05, 0) is 71.3 Å². The first-order chi connectivity index (χ1) is 26.3. The fraction of sp³-hybridized carbons (Fsp3) is 0.0816. The molecule has 0 saturated heterocycles. The molecule has 0 atom stereocenters. The highest BCUT2D eigenvalue weighted by Gasteiger charge is 2.41. The van der Waals surface area contributed by atoms with E-state index in [4.69, 9.17) is 15.0 Å². The van der Waals surface area contributed by atoms with Gasteiger partial charge in [-0.3, -0.25) is 0 Å². The molecular weight excluding hydrogens is 687 g/mol. The summed E-state index contributed by atoms with van der Waals surface area (Å²) in [5, 5.41) is 5.78. The smallest absolute Gasteiger partial charge is 0.164 e. The van der Waals surface area contributed by atoms with Crippen LogP contribution >= 0.6 is 0 Å². The number of fused-ring (bicyclic) bond motifs is 6. The van der Waals surface area contributed by atoms with Gasteiger partial charge in [-0.2, -0.15) is 0 Å². The maximum Gasteiger partial charge on any atom is 0.164 e. The van der Waals surface area contributed by atoms with E-state index in [1.807, 2.05) is 6.07 Å². The summed E-state index contributed by atoms with van der Waals surface area (Å²) >= 11 is 0. The van der Waals surface area contributed by atoms with E-state index in [9.17, 15) is 0 Å². The third-order valence-corrected chi connectivity index (χ3v) is 18.8. The Bertz CT molecular complexity index is 2760. The first-order valence-electron chi connectivity index (χ1n) is 18.8. The lowest BCUT2D eigenvalue weighted by atomic mass is 9.94. The lowest BCUT2D eigenvalue weighted by Crippen LogP contribution is -2.49. The second-order valence-electron chi connectivity index (χ2n) is 15.6. The van der Waals surface area contributed by atoms with E-state index in [0.29, 0.717) is 17.5 Å². The molecule has 2 aliphatic heterocycles. The van der Waals surface area contributed by atoms with Crippen molar-refractivity contribution >= 4 is 36.9 Å². The van der Waals surface area contributed by atoms with E-state index >= 15 is 0 Å². The van der Waals surface area contributed by atoms with Gasteiger partial charge in [0.2, 0.25) is 0 Å². The van der Waals surface area contributed by atoms with Crippen molar-refractivity contribution in [2.75, 3.05) is 0 Å². The Morgan fingerprint density at radius 1 is 0.296 bits per heavy atom. The highest BCUT2D eigenvalue weighted by Crippen LogP contribution is 2.41. The molecule has 258 valence electrons. The quantitative estimate of drug-likeness (QED) is 0.166. The Hall–Kier alpha value is -6.02. The van der Waals surface area contributed by atoms with Crippen LogP contribution in [-0.2, 0) is 0 Å². The largest absolute Gasteiger partial charge is 0.208 e. The number of rotatable bonds is 5. The fourth-order valence-corrected chi connectivity index (χ4v) is 15.1. The Labute approximate surface area is 319 Å². The van der Waals surface area contributed by atoms with E-state index < -0.39 is 16.1 Å². The van der Waals surface area contributed by atoms with Crippen molar-refractivity contribution in [3.05, 3.63) is 164 Å². The van der Waals surface area contributed by atoms with Crippen molar-refractivity contribution in [1.82, 2.24) is 15.0 Å². The predicted octanol–water partition coefficient (Wildman–Crippen LogP) is 9.81. The summed E-state index contributed by atoms with van der Waals surface area (Å²) in [6.45, 7) is 9.91. The lowest BCUT2D eigenvalue weighted by molar-refractivity contribution is 1.08. The SMILES string of the molecule is C[Si]1(C)c2cc(-c3ccccc3)ccc2-c2c(-c3nc(-c4ccccc4)nc(-c4cc(-c5ccccc5)cc5c4-c4ccccc4[Si]5(C)C)n3)cccc21. The summed E-state index contributed by atoms with van der Waals surface area (Å²) in [5.74, 6) is 2.10. The normalized spacial score (nSPS) is 14.2. The average Bonchev–Trinajstić information content (AvgIpc) is 3.60. The van der Waals surface area contributed by atoms with Gasteiger partial charge in [-0.1, -0.05) is 184 Å². The van der Waals surface area contributed by atoms with Crippen LogP contribution in [0.1, 0.15) is 0 Å². The molecule has 0 fully saturated rings. The molecule has 0 spiro atoms. The summed E-state index contributed by atoms with van der Waals surface area (Å²) in [6, 6.07) is 59.4. The van der Waals surface area contributed by atoms with Gasteiger partial charge < -0.3 is 0 Å². The number of hydrogen-bond donors (Lipinski definition) is 0. The van der Waals surface area contributed by atoms with Crippen LogP contribution in [-0.4, -0.2) is 31.1 Å². The minimum absolute atomic E-state index is 0.684. The summed E-state index contributed by atoms with van der Waals surface area (Å²) in [5.41, 5.74) is 13.1. The van der Waals surface area contributed by atoms with Crippen LogP contribution in [0.5, 0.6) is 0 Å². The average molecular weight is 726 g/mol. The van der Waals surface area contributed by atoms with Crippen molar-refractivity contribution in [2.24, 2.45) is 0 Å². The highest BCUT2D eigenvalue weighted by atomic mass is 28.3. The van der Waals surface area contributed by atoms with Crippen LogP contribution in [0.4, 0.5) is 0 Å². The van der Waals surface area contributed by atoms with Gasteiger partial charge in [0.15, 0.2) is 17.5 Å². The highest BCUT2D eigenvalue weighted by molar-refractivity contribution is 7.04. The van der Waals surface area contributed by atoms with Gasteiger partial charge in [0, 0.05) is 16.7 Å². The Morgan fingerprint density at radius 2 is 0.778 bits per heavy atom. The van der Waals surface area contributed by atoms with Gasteiger partial charge in [-0.25, -0.2) is 15.0 Å². The molecule has 0 N–H and O–H groups in total. The third-order valence-electron chi connectivity index (χ3n) is 11.7. The van der Waals surface area contributed by atoms with Crippen LogP contribution in [0, 0.1) is 0 Å². The van der Waals surface area contributed by atoms with Crippen LogP contribution in [0.25, 0.3) is 78.7 Å². The van der Waals surface area contributed by atoms with Crippen molar-refractivity contribution < 1.29 is 0 Å². The lowest BCUT2D eigenvalue weighted by Gasteiger charge is -2.21. The van der Waals surface area contributed by atoms with Gasteiger partial charge in [0.1, 0.15) is 16.1 Å². The van der Waals surface area contributed by atoms with Crippen molar-refractivity contribution in [3.8, 4) is 78.7 Å². The summed E-state index contributed by atoms with van der Waals surface area (Å²) < 4.78 is 0. The van der Waals surface area contributed by atoms with Crippen LogP contribution in [0.3, 0.4) is 0 Å². The maximum absolute atomic E-state index is 5.50. The predicted molar refractivity (Wildman–Crippen MR) is 231 cm³/mol. The van der Waals surface area contributed by atoms with Crippen molar-refractivity contribution in [3.63, 3.8) is 0 Å². The second-order valence-corrected chi connectivity index (χ2v) is 24.3. The van der Waals surface area contributed by atoms with E-state index in [1.165, 1.54) is 65.3 Å². The Balaban J connectivity index is 1.24. The van der Waals surface area contributed by atoms with E-state index in [-0.39, 0.29) is 0 Å². The fourth-order valence-electron chi connectivity index (χ4n) is 8.91. The van der Waals surface area contributed by atoms with Crippen molar-refractivity contribution in [2.45, 2.75) is 26.2 Å². The summed E-state index contributed by atoms with van der Waals surface area (Å²) in [6.07, 6.45) is 0. The minimum atomic E-state index is -2.05. The Morgan fingerprint density at radius 3 is 1.48 bits per heavy atom. The molecule has 0 saturated carbocycles. The summed E-state index contributed by atoms with van der Waals surface area (Å²) in [4.78, 5) is 16.2. The number of aromatic nitrogens is 3. The van der Waals surface area contributed by atoms with Gasteiger partial charge >= 0.3 is 0 Å². The summed E-state index contributed by atoms with van der Waals surface area (Å²) in [7, 11) is -4.08. The standard InChI is InChI=1S/C49H39N3Si2/c1-53(2)41-25-15-14-23-37(41)46-40(29-36(31-44(46)53)33-19-10-6-11-20-33)49-51-47(34-21-12-7-13-22-34)50-48(52-49)39-24-16-26-42-45(39)38-28-27-35(30-43(38)54(42,3)4)32-17-8-5-9-18-32/h5-31H,1-4H3. The van der Waals surface area contributed by atoms with Gasteiger partial charge in [0.05, 0.1) is 0 Å². The monoisotopic (exact) mass is 725 g/mol.